The average molecular weight is 463 g/mol. The molecule has 0 spiro atoms. The second-order valence-electron chi connectivity index (χ2n) is 9.13. The van der Waals surface area contributed by atoms with Gasteiger partial charge in [0.1, 0.15) is 0 Å². The fourth-order valence-electron chi connectivity index (χ4n) is 3.94. The Morgan fingerprint density at radius 3 is 2.88 bits per heavy atom. The van der Waals surface area contributed by atoms with Crippen LogP contribution in [0.5, 0.6) is 5.75 Å². The molecule has 4 rings (SSSR count). The maximum atomic E-state index is 14.0. The maximum Gasteiger partial charge on any atom is 0.321 e. The lowest BCUT2D eigenvalue weighted by molar-refractivity contribution is 0.216. The number of urea groups is 1. The lowest BCUT2D eigenvalue weighted by Crippen LogP contribution is -2.39. The number of rotatable bonds is 14. The number of nitrogens with zero attached hydrogens (tertiary/aromatic N) is 1. The van der Waals surface area contributed by atoms with E-state index in [-0.39, 0.29) is 17.2 Å². The molecule has 0 bridgehead atoms. The van der Waals surface area contributed by atoms with Crippen LogP contribution < -0.4 is 20.9 Å². The highest BCUT2D eigenvalue weighted by atomic mass is 32.1. The predicted molar refractivity (Wildman–Crippen MR) is 127 cm³/mol. The Hall–Kier alpha value is -1.77. The third-order valence-electron chi connectivity index (χ3n) is 6.22. The van der Waals surface area contributed by atoms with Gasteiger partial charge >= 0.3 is 6.03 Å². The van der Waals surface area contributed by atoms with Crippen molar-refractivity contribution in [2.24, 2.45) is 5.92 Å². The molecule has 32 heavy (non-hydrogen) atoms. The monoisotopic (exact) mass is 462 g/mol. The van der Waals surface area contributed by atoms with E-state index in [1.165, 1.54) is 24.5 Å². The zero-order chi connectivity index (χ0) is 22.3. The number of thiol groups is 1. The Bertz CT molecular complexity index is 824. The molecule has 0 radical (unpaired) electrons. The number of unbranched alkanes of at least 4 members (excludes halogenated alkanes) is 2. The summed E-state index contributed by atoms with van der Waals surface area (Å²) < 4.78 is 19.6. The quantitative estimate of drug-likeness (QED) is 0.145. The molecular formula is C24H35FN4O2S. The summed E-state index contributed by atoms with van der Waals surface area (Å²) in [7, 11) is 0. The standard InChI is InChI=1S/C24H35FN4O2S/c25-20-9-6-18(14-22(20)31-13-10-17-4-5-17)15-23(32)28-26-11-2-1-3-12-29-16-21(19-7-8-19)27-24(29)30/h6,9,14,17,23,26,28,32H,1-5,7-8,10-13,15-16H2,(H,27,30). The second kappa shape index (κ2) is 11.4. The van der Waals surface area contributed by atoms with Gasteiger partial charge in [0, 0.05) is 18.8 Å². The molecule has 0 aromatic heterocycles. The molecule has 1 unspecified atom stereocenters. The first-order valence-electron chi connectivity index (χ1n) is 11.9. The molecule has 1 heterocycles. The van der Waals surface area contributed by atoms with Gasteiger partial charge in [0.2, 0.25) is 0 Å². The number of carbonyl (C=O) groups is 1. The van der Waals surface area contributed by atoms with E-state index < -0.39 is 0 Å². The number of hydrogen-bond acceptors (Lipinski definition) is 5. The molecule has 1 aromatic rings. The van der Waals surface area contributed by atoms with Crippen LogP contribution in [0.1, 0.15) is 56.9 Å². The van der Waals surface area contributed by atoms with Crippen molar-refractivity contribution in [2.75, 3.05) is 26.2 Å². The van der Waals surface area contributed by atoms with Gasteiger partial charge in [-0.3, -0.25) is 5.43 Å². The summed E-state index contributed by atoms with van der Waals surface area (Å²) in [5, 5.41) is 2.91. The molecule has 1 atom stereocenters. The topological polar surface area (TPSA) is 65.6 Å². The van der Waals surface area contributed by atoms with Gasteiger partial charge in [-0.1, -0.05) is 25.3 Å². The van der Waals surface area contributed by atoms with Crippen LogP contribution in [-0.2, 0) is 6.42 Å². The molecule has 6 nitrogen and oxygen atoms in total. The molecular weight excluding hydrogens is 427 g/mol. The minimum Gasteiger partial charge on any atom is -0.490 e. The first kappa shape index (κ1) is 23.4. The summed E-state index contributed by atoms with van der Waals surface area (Å²) in [6.07, 6.45) is 9.59. The fraction of sp³-hybridized carbons (Fsp3) is 0.625. The predicted octanol–water partition coefficient (Wildman–Crippen LogP) is 4.14. The molecule has 3 N–H and O–H groups in total. The molecule has 3 aliphatic rings. The van der Waals surface area contributed by atoms with Crippen molar-refractivity contribution in [3.8, 4) is 5.75 Å². The molecule has 1 aliphatic heterocycles. The first-order chi connectivity index (χ1) is 15.6. The Morgan fingerprint density at radius 1 is 1.25 bits per heavy atom. The summed E-state index contributed by atoms with van der Waals surface area (Å²) in [4.78, 5) is 13.9. The highest BCUT2D eigenvalue weighted by Crippen LogP contribution is 2.33. The van der Waals surface area contributed by atoms with E-state index >= 15 is 0 Å². The van der Waals surface area contributed by atoms with E-state index in [2.05, 4.69) is 28.8 Å². The fourth-order valence-corrected chi connectivity index (χ4v) is 4.24. The number of carbonyl (C=O) groups excluding carboxylic acids is 1. The summed E-state index contributed by atoms with van der Waals surface area (Å²) in [6.45, 7) is 2.97. The summed E-state index contributed by atoms with van der Waals surface area (Å²) in [5.41, 5.74) is 9.96. The van der Waals surface area contributed by atoms with Crippen molar-refractivity contribution in [1.82, 2.24) is 21.1 Å². The lowest BCUT2D eigenvalue weighted by Gasteiger charge is -2.16. The zero-order valence-corrected chi connectivity index (χ0v) is 19.6. The molecule has 3 fully saturated rings. The zero-order valence-electron chi connectivity index (χ0n) is 18.7. The van der Waals surface area contributed by atoms with Crippen LogP contribution in [-0.4, -0.2) is 42.5 Å². The van der Waals surface area contributed by atoms with E-state index in [1.807, 2.05) is 4.90 Å². The van der Waals surface area contributed by atoms with Crippen LogP contribution in [0.15, 0.2) is 29.5 Å². The first-order valence-corrected chi connectivity index (χ1v) is 12.4. The summed E-state index contributed by atoms with van der Waals surface area (Å²) in [6, 6.07) is 5.09. The Labute approximate surface area is 195 Å². The molecule has 2 aliphatic carbocycles. The molecule has 1 aromatic carbocycles. The van der Waals surface area contributed by atoms with Gasteiger partial charge in [0.25, 0.3) is 0 Å². The van der Waals surface area contributed by atoms with Gasteiger partial charge < -0.3 is 15.0 Å². The van der Waals surface area contributed by atoms with Crippen molar-refractivity contribution >= 4 is 18.7 Å². The smallest absolute Gasteiger partial charge is 0.321 e. The number of ether oxygens (including phenoxy) is 1. The van der Waals surface area contributed by atoms with E-state index in [1.54, 1.807) is 12.1 Å². The van der Waals surface area contributed by atoms with E-state index in [9.17, 15) is 9.18 Å². The largest absolute Gasteiger partial charge is 0.490 e. The normalized spacial score (nSPS) is 18.8. The molecule has 176 valence electrons. The molecule has 1 saturated heterocycles. The Kier molecular flexibility index (Phi) is 8.32. The van der Waals surface area contributed by atoms with Crippen LogP contribution >= 0.6 is 12.6 Å². The van der Waals surface area contributed by atoms with Gasteiger partial charge in [0.05, 0.1) is 18.5 Å². The molecule has 2 saturated carbocycles. The van der Waals surface area contributed by atoms with Crippen LogP contribution in [0.4, 0.5) is 9.18 Å². The van der Waals surface area contributed by atoms with Crippen LogP contribution in [0.2, 0.25) is 0 Å². The van der Waals surface area contributed by atoms with Crippen LogP contribution in [0.3, 0.4) is 0 Å². The van der Waals surface area contributed by atoms with Crippen molar-refractivity contribution in [3.63, 3.8) is 0 Å². The number of nitrogens with one attached hydrogen (secondary N) is 3. The third-order valence-corrected chi connectivity index (χ3v) is 6.54. The SMILES string of the molecule is O=C1NC(=C2CC2)CN1CCCCCNNC(S)Cc1ccc(F)c(OCCC2CC2)c1. The Balaban J connectivity index is 1.06. The van der Waals surface area contributed by atoms with Crippen LogP contribution in [0, 0.1) is 11.7 Å². The van der Waals surface area contributed by atoms with Gasteiger partial charge in [-0.25, -0.2) is 14.6 Å². The van der Waals surface area contributed by atoms with Gasteiger partial charge in [-0.2, -0.15) is 12.6 Å². The second-order valence-corrected chi connectivity index (χ2v) is 9.75. The number of hydrazine groups is 1. The van der Waals surface area contributed by atoms with E-state index in [0.29, 0.717) is 18.8 Å². The molecule has 8 heteroatoms. The number of benzene rings is 1. The van der Waals surface area contributed by atoms with E-state index in [0.717, 1.165) is 75.3 Å². The van der Waals surface area contributed by atoms with Gasteiger partial charge in [-0.05, 0) is 67.7 Å². The molecule has 2 amide bonds. The minimum atomic E-state index is -0.307. The summed E-state index contributed by atoms with van der Waals surface area (Å²) >= 11 is 4.59. The summed E-state index contributed by atoms with van der Waals surface area (Å²) in [5.74, 6) is 0.804. The van der Waals surface area contributed by atoms with Crippen molar-refractivity contribution < 1.29 is 13.9 Å². The maximum absolute atomic E-state index is 14.0. The van der Waals surface area contributed by atoms with E-state index in [4.69, 9.17) is 4.74 Å². The number of allylic oxidation sites excluding steroid dienone is 1. The van der Waals surface area contributed by atoms with Crippen molar-refractivity contribution in [3.05, 3.63) is 40.8 Å². The number of amides is 2. The minimum absolute atomic E-state index is 0.0503. The highest BCUT2D eigenvalue weighted by molar-refractivity contribution is 7.80. The number of hydrogen-bond donors (Lipinski definition) is 4. The Morgan fingerprint density at radius 2 is 2.09 bits per heavy atom. The van der Waals surface area contributed by atoms with Crippen molar-refractivity contribution in [1.29, 1.82) is 0 Å². The van der Waals surface area contributed by atoms with Gasteiger partial charge in [0.15, 0.2) is 11.6 Å². The third kappa shape index (κ3) is 7.39. The number of halogens is 1. The highest BCUT2D eigenvalue weighted by Gasteiger charge is 2.29. The average Bonchev–Trinajstić information content (AvgIpc) is 3.69. The van der Waals surface area contributed by atoms with Crippen LogP contribution in [0.25, 0.3) is 0 Å². The lowest BCUT2D eigenvalue weighted by atomic mass is 10.1. The van der Waals surface area contributed by atoms with Gasteiger partial charge in [-0.15, -0.1) is 0 Å². The van der Waals surface area contributed by atoms with Crippen molar-refractivity contribution in [2.45, 2.75) is 63.2 Å².